The molecule has 0 atom stereocenters. The van der Waals surface area contributed by atoms with Crippen molar-refractivity contribution in [2.24, 2.45) is 0 Å². The van der Waals surface area contributed by atoms with Gasteiger partial charge < -0.3 is 15.7 Å². The van der Waals surface area contributed by atoms with Crippen LogP contribution in [0.4, 0.5) is 17.5 Å². The van der Waals surface area contributed by atoms with E-state index in [0.29, 0.717) is 24.0 Å². The van der Waals surface area contributed by atoms with Crippen LogP contribution >= 0.6 is 11.8 Å². The smallest absolute Gasteiger partial charge is 0.225 e. The molecule has 0 bridgehead atoms. The Labute approximate surface area is 150 Å². The van der Waals surface area contributed by atoms with Crippen molar-refractivity contribution in [1.29, 1.82) is 0 Å². The average Bonchev–Trinajstić information content (AvgIpc) is 2.67. The molecule has 7 heteroatoms. The Morgan fingerprint density at radius 1 is 1.04 bits per heavy atom. The molecule has 0 saturated heterocycles. The molecule has 0 spiro atoms. The summed E-state index contributed by atoms with van der Waals surface area (Å²) in [4.78, 5) is 14.5. The van der Waals surface area contributed by atoms with Gasteiger partial charge in [0.25, 0.3) is 0 Å². The van der Waals surface area contributed by atoms with Crippen LogP contribution in [-0.2, 0) is 0 Å². The first-order valence-electron chi connectivity index (χ1n) is 7.85. The van der Waals surface area contributed by atoms with Gasteiger partial charge in [0.15, 0.2) is 0 Å². The summed E-state index contributed by atoms with van der Waals surface area (Å²) in [6.45, 7) is 0.392. The molecular formula is C18H19N5OS. The third kappa shape index (κ3) is 4.68. The van der Waals surface area contributed by atoms with E-state index >= 15 is 0 Å². The zero-order chi connectivity index (χ0) is 17.5. The van der Waals surface area contributed by atoms with Crippen LogP contribution in [0.2, 0.25) is 0 Å². The predicted octanol–water partition coefficient (Wildman–Crippen LogP) is 3.41. The number of nitrogens with one attached hydrogen (secondary N) is 2. The summed E-state index contributed by atoms with van der Waals surface area (Å²) in [5.41, 5.74) is 2.42. The van der Waals surface area contributed by atoms with Crippen molar-refractivity contribution < 1.29 is 5.11 Å². The third-order valence-corrected chi connectivity index (χ3v) is 4.12. The number of thioether (sulfide) groups is 1. The van der Waals surface area contributed by atoms with Gasteiger partial charge in [0.05, 0.1) is 18.0 Å². The maximum Gasteiger partial charge on any atom is 0.225 e. The van der Waals surface area contributed by atoms with E-state index in [1.165, 1.54) is 4.90 Å². The standard InChI is InChI=1S/C18H19N5OS/c1-25-14-6-4-5-13(11-14)21-17-12-16(15-7-2-3-8-19-15)22-18(23-17)20-9-10-24/h2-8,11-12,24H,9-10H2,1H3,(H2,20,21,22,23). The van der Waals surface area contributed by atoms with Gasteiger partial charge in [-0.25, -0.2) is 4.98 Å². The van der Waals surface area contributed by atoms with Crippen LogP contribution in [0.25, 0.3) is 11.4 Å². The van der Waals surface area contributed by atoms with Gasteiger partial charge in [0.1, 0.15) is 5.82 Å². The Kier molecular flexibility index (Phi) is 5.81. The Morgan fingerprint density at radius 3 is 2.72 bits per heavy atom. The summed E-state index contributed by atoms with van der Waals surface area (Å²) >= 11 is 1.68. The topological polar surface area (TPSA) is 83.0 Å². The summed E-state index contributed by atoms with van der Waals surface area (Å²) in [7, 11) is 0. The first kappa shape index (κ1) is 17.2. The van der Waals surface area contributed by atoms with Crippen LogP contribution in [0.5, 0.6) is 0 Å². The van der Waals surface area contributed by atoms with Gasteiger partial charge in [-0.3, -0.25) is 4.98 Å². The molecule has 3 N–H and O–H groups in total. The Balaban J connectivity index is 1.93. The summed E-state index contributed by atoms with van der Waals surface area (Å²) in [5.74, 6) is 1.11. The normalized spacial score (nSPS) is 10.5. The van der Waals surface area contributed by atoms with Crippen molar-refractivity contribution in [3.63, 3.8) is 0 Å². The maximum atomic E-state index is 9.03. The molecule has 1 aromatic carbocycles. The first-order valence-corrected chi connectivity index (χ1v) is 9.07. The number of rotatable bonds is 7. The van der Waals surface area contributed by atoms with Crippen molar-refractivity contribution in [2.75, 3.05) is 30.0 Å². The highest BCUT2D eigenvalue weighted by Gasteiger charge is 2.08. The first-order chi connectivity index (χ1) is 12.3. The van der Waals surface area contributed by atoms with Crippen LogP contribution in [0.15, 0.2) is 59.6 Å². The Bertz CT molecular complexity index is 829. The fourth-order valence-electron chi connectivity index (χ4n) is 2.25. The molecule has 0 aliphatic heterocycles. The summed E-state index contributed by atoms with van der Waals surface area (Å²) in [6.07, 6.45) is 3.77. The fraction of sp³-hybridized carbons (Fsp3) is 0.167. The molecule has 2 heterocycles. The van der Waals surface area contributed by atoms with Gasteiger partial charge >= 0.3 is 0 Å². The SMILES string of the molecule is CSc1cccc(Nc2cc(-c3ccccn3)nc(NCCO)n2)c1. The molecule has 0 fully saturated rings. The molecule has 0 unspecified atom stereocenters. The second kappa shape index (κ2) is 8.46. The molecule has 0 radical (unpaired) electrons. The lowest BCUT2D eigenvalue weighted by molar-refractivity contribution is 0.311. The van der Waals surface area contributed by atoms with E-state index in [1.54, 1.807) is 18.0 Å². The van der Waals surface area contributed by atoms with Crippen molar-refractivity contribution >= 4 is 29.2 Å². The van der Waals surface area contributed by atoms with Crippen molar-refractivity contribution in [3.8, 4) is 11.4 Å². The van der Waals surface area contributed by atoms with E-state index in [1.807, 2.05) is 42.7 Å². The van der Waals surface area contributed by atoms with E-state index in [-0.39, 0.29) is 6.61 Å². The molecular weight excluding hydrogens is 334 g/mol. The molecule has 3 rings (SSSR count). The second-order valence-electron chi connectivity index (χ2n) is 5.18. The number of aromatic nitrogens is 3. The monoisotopic (exact) mass is 353 g/mol. The van der Waals surface area contributed by atoms with Crippen LogP contribution in [0.3, 0.4) is 0 Å². The number of benzene rings is 1. The highest BCUT2D eigenvalue weighted by Crippen LogP contribution is 2.24. The van der Waals surface area contributed by atoms with E-state index in [9.17, 15) is 0 Å². The highest BCUT2D eigenvalue weighted by atomic mass is 32.2. The molecule has 0 aliphatic rings. The van der Waals surface area contributed by atoms with Gasteiger partial charge in [-0.15, -0.1) is 11.8 Å². The molecule has 2 aromatic heterocycles. The van der Waals surface area contributed by atoms with E-state index < -0.39 is 0 Å². The lowest BCUT2D eigenvalue weighted by Crippen LogP contribution is -2.10. The summed E-state index contributed by atoms with van der Waals surface area (Å²) in [5, 5.41) is 15.3. The summed E-state index contributed by atoms with van der Waals surface area (Å²) < 4.78 is 0. The number of pyridine rings is 1. The van der Waals surface area contributed by atoms with Crippen LogP contribution in [-0.4, -0.2) is 39.5 Å². The van der Waals surface area contributed by atoms with E-state index in [0.717, 1.165) is 11.4 Å². The Morgan fingerprint density at radius 2 is 1.96 bits per heavy atom. The molecule has 128 valence electrons. The summed E-state index contributed by atoms with van der Waals surface area (Å²) in [6, 6.07) is 15.7. The van der Waals surface area contributed by atoms with Gasteiger partial charge in [-0.2, -0.15) is 4.98 Å². The zero-order valence-electron chi connectivity index (χ0n) is 13.8. The quantitative estimate of drug-likeness (QED) is 0.561. The number of aliphatic hydroxyl groups is 1. The van der Waals surface area contributed by atoms with Crippen molar-refractivity contribution in [2.45, 2.75) is 4.90 Å². The number of anilines is 3. The Hall–Kier alpha value is -2.64. The lowest BCUT2D eigenvalue weighted by atomic mass is 10.2. The highest BCUT2D eigenvalue weighted by molar-refractivity contribution is 7.98. The molecule has 6 nitrogen and oxygen atoms in total. The maximum absolute atomic E-state index is 9.03. The second-order valence-corrected chi connectivity index (χ2v) is 6.06. The van der Waals surface area contributed by atoms with Gasteiger partial charge in [-0.05, 0) is 36.6 Å². The van der Waals surface area contributed by atoms with Gasteiger partial charge in [0.2, 0.25) is 5.95 Å². The minimum Gasteiger partial charge on any atom is -0.395 e. The zero-order valence-corrected chi connectivity index (χ0v) is 14.6. The molecule has 0 saturated carbocycles. The predicted molar refractivity (Wildman–Crippen MR) is 102 cm³/mol. The van der Waals surface area contributed by atoms with Gasteiger partial charge in [0, 0.05) is 29.4 Å². The molecule has 0 amide bonds. The molecule has 3 aromatic rings. The largest absolute Gasteiger partial charge is 0.395 e. The van der Waals surface area contributed by atoms with Crippen molar-refractivity contribution in [1.82, 2.24) is 15.0 Å². The number of nitrogens with zero attached hydrogens (tertiary/aromatic N) is 3. The minimum absolute atomic E-state index is 0.00963. The molecule has 25 heavy (non-hydrogen) atoms. The number of hydrogen-bond acceptors (Lipinski definition) is 7. The fourth-order valence-corrected chi connectivity index (χ4v) is 2.71. The van der Waals surface area contributed by atoms with E-state index in [2.05, 4.69) is 37.7 Å². The lowest BCUT2D eigenvalue weighted by Gasteiger charge is -2.11. The molecule has 0 aliphatic carbocycles. The minimum atomic E-state index is 0.00963. The third-order valence-electron chi connectivity index (χ3n) is 3.39. The average molecular weight is 353 g/mol. The van der Waals surface area contributed by atoms with Crippen LogP contribution in [0.1, 0.15) is 0 Å². The van der Waals surface area contributed by atoms with Crippen molar-refractivity contribution in [3.05, 3.63) is 54.7 Å². The number of aliphatic hydroxyl groups excluding tert-OH is 1. The number of hydrogen-bond donors (Lipinski definition) is 3. The van der Waals surface area contributed by atoms with Crippen LogP contribution in [0, 0.1) is 0 Å². The van der Waals surface area contributed by atoms with Crippen LogP contribution < -0.4 is 10.6 Å². The van der Waals surface area contributed by atoms with E-state index in [4.69, 9.17) is 5.11 Å². The van der Waals surface area contributed by atoms with Gasteiger partial charge in [-0.1, -0.05) is 12.1 Å².